The molecule has 0 aromatic heterocycles. The van der Waals surface area contributed by atoms with Crippen LogP contribution in [0, 0.1) is 12.3 Å². The predicted octanol–water partition coefficient (Wildman–Crippen LogP) is 2.10. The van der Waals surface area contributed by atoms with Gasteiger partial charge < -0.3 is 4.74 Å². The van der Waals surface area contributed by atoms with Crippen LogP contribution in [0.2, 0.25) is 0 Å². The summed E-state index contributed by atoms with van der Waals surface area (Å²) in [5.41, 5.74) is 1.37. The van der Waals surface area contributed by atoms with Crippen molar-refractivity contribution in [3.63, 3.8) is 0 Å². The predicted molar refractivity (Wildman–Crippen MR) is 85.8 cm³/mol. The van der Waals surface area contributed by atoms with Gasteiger partial charge in [0.1, 0.15) is 12.4 Å². The molecule has 0 bridgehead atoms. The molecule has 2 rings (SSSR count). The summed E-state index contributed by atoms with van der Waals surface area (Å²) < 4.78 is 27.8. The van der Waals surface area contributed by atoms with Crippen LogP contribution < -0.4 is 9.88 Å². The summed E-state index contributed by atoms with van der Waals surface area (Å²) >= 11 is 0. The molecule has 0 aliphatic carbocycles. The van der Waals surface area contributed by atoms with E-state index in [0.29, 0.717) is 11.4 Å². The average molecular weight is 314 g/mol. The number of terminal acetylenes is 1. The smallest absolute Gasteiger partial charge is 0.238 e. The van der Waals surface area contributed by atoms with Gasteiger partial charge in [-0.15, -0.1) is 6.42 Å². The van der Waals surface area contributed by atoms with E-state index in [4.69, 9.17) is 16.3 Å². The highest BCUT2D eigenvalue weighted by atomic mass is 32.2. The number of primary sulfonamides is 1. The van der Waals surface area contributed by atoms with Gasteiger partial charge in [-0.2, -0.15) is 0 Å². The molecule has 0 saturated carbocycles. The van der Waals surface area contributed by atoms with Crippen LogP contribution in [0.1, 0.15) is 5.56 Å². The average Bonchev–Trinajstić information content (AvgIpc) is 2.51. The number of aliphatic imine (C=N–C) groups is 1. The zero-order valence-corrected chi connectivity index (χ0v) is 12.5. The molecule has 0 saturated heterocycles. The van der Waals surface area contributed by atoms with Gasteiger partial charge in [-0.3, -0.25) is 4.99 Å². The summed E-state index contributed by atoms with van der Waals surface area (Å²) in [4.78, 5) is 4.32. The molecule has 6 heteroatoms. The summed E-state index contributed by atoms with van der Waals surface area (Å²) in [5.74, 6) is 3.03. The Balaban J connectivity index is 2.20. The number of hydrogen-bond donors (Lipinski definition) is 1. The Bertz CT molecular complexity index is 819. The second kappa shape index (κ2) is 6.89. The van der Waals surface area contributed by atoms with E-state index in [1.807, 2.05) is 18.2 Å². The number of para-hydroxylation sites is 1. The minimum atomic E-state index is -3.69. The first-order valence-corrected chi connectivity index (χ1v) is 7.87. The molecule has 0 aliphatic heterocycles. The molecule has 0 radical (unpaired) electrons. The third-order valence-electron chi connectivity index (χ3n) is 2.75. The normalized spacial score (nSPS) is 11.3. The summed E-state index contributed by atoms with van der Waals surface area (Å²) in [5, 5.41) is 5.04. The largest absolute Gasteiger partial charge is 0.480 e. The maximum absolute atomic E-state index is 11.2. The maximum Gasteiger partial charge on any atom is 0.238 e. The van der Waals surface area contributed by atoms with Crippen LogP contribution in [-0.4, -0.2) is 21.2 Å². The molecule has 0 fully saturated rings. The zero-order chi connectivity index (χ0) is 16.0. The van der Waals surface area contributed by atoms with Crippen molar-refractivity contribution in [2.24, 2.45) is 10.1 Å². The van der Waals surface area contributed by atoms with Crippen molar-refractivity contribution in [3.05, 3.63) is 54.1 Å². The SMILES string of the molecule is C#CCOc1ccccc1C=Nc1ccc(S(N)(=O)=O)cc1. The van der Waals surface area contributed by atoms with Gasteiger partial charge in [-0.25, -0.2) is 13.6 Å². The van der Waals surface area contributed by atoms with Gasteiger partial charge in [0.15, 0.2) is 0 Å². The number of ether oxygens (including phenoxy) is 1. The van der Waals surface area contributed by atoms with Crippen LogP contribution >= 0.6 is 0 Å². The monoisotopic (exact) mass is 314 g/mol. The first kappa shape index (κ1) is 15.8. The molecule has 0 atom stereocenters. The molecule has 112 valence electrons. The molecular weight excluding hydrogens is 300 g/mol. The van der Waals surface area contributed by atoms with Crippen LogP contribution in [0.5, 0.6) is 5.75 Å². The quantitative estimate of drug-likeness (QED) is 0.678. The van der Waals surface area contributed by atoms with Crippen LogP contribution in [-0.2, 0) is 10.0 Å². The van der Waals surface area contributed by atoms with E-state index >= 15 is 0 Å². The molecule has 0 heterocycles. The lowest BCUT2D eigenvalue weighted by Crippen LogP contribution is -2.11. The van der Waals surface area contributed by atoms with E-state index in [0.717, 1.165) is 5.56 Å². The molecule has 2 aromatic rings. The van der Waals surface area contributed by atoms with E-state index in [1.54, 1.807) is 24.4 Å². The van der Waals surface area contributed by atoms with Crippen molar-refractivity contribution in [2.75, 3.05) is 6.61 Å². The van der Waals surface area contributed by atoms with Gasteiger partial charge in [0.05, 0.1) is 10.6 Å². The molecular formula is C16H14N2O3S. The van der Waals surface area contributed by atoms with Crippen LogP contribution in [0.25, 0.3) is 0 Å². The Morgan fingerprint density at radius 3 is 2.50 bits per heavy atom. The zero-order valence-electron chi connectivity index (χ0n) is 11.6. The standard InChI is InChI=1S/C16H14N2O3S/c1-2-11-21-16-6-4-3-5-13(16)12-18-14-7-9-15(10-8-14)22(17,19)20/h1,3-10,12H,11H2,(H2,17,19,20). The molecule has 0 aliphatic rings. The highest BCUT2D eigenvalue weighted by Gasteiger charge is 2.06. The second-order valence-electron chi connectivity index (χ2n) is 4.33. The fraction of sp³-hybridized carbons (Fsp3) is 0.0625. The minimum Gasteiger partial charge on any atom is -0.480 e. The van der Waals surface area contributed by atoms with Crippen molar-refractivity contribution < 1.29 is 13.2 Å². The van der Waals surface area contributed by atoms with Crippen LogP contribution in [0.4, 0.5) is 5.69 Å². The van der Waals surface area contributed by atoms with Gasteiger partial charge in [0.25, 0.3) is 0 Å². The van der Waals surface area contributed by atoms with Gasteiger partial charge in [0, 0.05) is 11.8 Å². The molecule has 0 spiro atoms. The lowest BCUT2D eigenvalue weighted by Gasteiger charge is -2.05. The van der Waals surface area contributed by atoms with Crippen LogP contribution in [0.3, 0.4) is 0 Å². The third kappa shape index (κ3) is 4.19. The Hall–Kier alpha value is -2.62. The number of benzene rings is 2. The van der Waals surface area contributed by atoms with Gasteiger partial charge in [0.2, 0.25) is 10.0 Å². The van der Waals surface area contributed by atoms with Crippen molar-refractivity contribution in [1.82, 2.24) is 0 Å². The summed E-state index contributed by atoms with van der Waals surface area (Å²) in [6.45, 7) is 0.175. The Labute approximate surface area is 129 Å². The van der Waals surface area contributed by atoms with E-state index < -0.39 is 10.0 Å². The highest BCUT2D eigenvalue weighted by molar-refractivity contribution is 7.89. The molecule has 0 amide bonds. The number of sulfonamides is 1. The van der Waals surface area contributed by atoms with Gasteiger partial charge >= 0.3 is 0 Å². The molecule has 0 unspecified atom stereocenters. The summed E-state index contributed by atoms with van der Waals surface area (Å²) in [6, 6.07) is 13.3. The third-order valence-corrected chi connectivity index (χ3v) is 3.68. The topological polar surface area (TPSA) is 81.8 Å². The van der Waals surface area contributed by atoms with Crippen molar-refractivity contribution >= 4 is 21.9 Å². The van der Waals surface area contributed by atoms with Crippen molar-refractivity contribution in [3.8, 4) is 18.1 Å². The summed E-state index contributed by atoms with van der Waals surface area (Å²) in [6.07, 6.45) is 6.80. The minimum absolute atomic E-state index is 0.0456. The maximum atomic E-state index is 11.2. The number of nitrogens with two attached hydrogens (primary N) is 1. The Morgan fingerprint density at radius 2 is 1.86 bits per heavy atom. The van der Waals surface area contributed by atoms with E-state index in [2.05, 4.69) is 10.9 Å². The molecule has 5 nitrogen and oxygen atoms in total. The lowest BCUT2D eigenvalue weighted by molar-refractivity contribution is 0.370. The lowest BCUT2D eigenvalue weighted by atomic mass is 10.2. The Morgan fingerprint density at radius 1 is 1.18 bits per heavy atom. The first-order valence-electron chi connectivity index (χ1n) is 6.33. The van der Waals surface area contributed by atoms with Crippen LogP contribution in [0.15, 0.2) is 58.4 Å². The summed E-state index contributed by atoms with van der Waals surface area (Å²) in [7, 11) is -3.69. The van der Waals surface area contributed by atoms with Crippen molar-refractivity contribution in [2.45, 2.75) is 4.90 Å². The number of hydrogen-bond acceptors (Lipinski definition) is 4. The Kier molecular flexibility index (Phi) is 4.94. The van der Waals surface area contributed by atoms with E-state index in [9.17, 15) is 8.42 Å². The first-order chi connectivity index (χ1) is 10.5. The molecule has 2 aromatic carbocycles. The highest BCUT2D eigenvalue weighted by Crippen LogP contribution is 2.19. The van der Waals surface area contributed by atoms with E-state index in [1.165, 1.54) is 12.1 Å². The molecule has 22 heavy (non-hydrogen) atoms. The fourth-order valence-corrected chi connectivity index (χ4v) is 2.22. The number of nitrogens with zero attached hydrogens (tertiary/aromatic N) is 1. The van der Waals surface area contributed by atoms with Gasteiger partial charge in [-0.05, 0) is 36.4 Å². The molecule has 2 N–H and O–H groups in total. The van der Waals surface area contributed by atoms with Crippen molar-refractivity contribution in [1.29, 1.82) is 0 Å². The second-order valence-corrected chi connectivity index (χ2v) is 5.89. The fourth-order valence-electron chi connectivity index (χ4n) is 1.70. The van der Waals surface area contributed by atoms with E-state index in [-0.39, 0.29) is 11.5 Å². The van der Waals surface area contributed by atoms with Gasteiger partial charge in [-0.1, -0.05) is 18.1 Å². The number of rotatable bonds is 5.